The van der Waals surface area contributed by atoms with Gasteiger partial charge in [0.25, 0.3) is 5.91 Å². The van der Waals surface area contributed by atoms with E-state index in [9.17, 15) is 9.59 Å². The zero-order chi connectivity index (χ0) is 21.1. The molecule has 3 aromatic heterocycles. The monoisotopic (exact) mass is 455 g/mol. The van der Waals surface area contributed by atoms with Gasteiger partial charge in [-0.25, -0.2) is 9.67 Å². The molecule has 4 aromatic rings. The number of benzene rings is 1. The Labute approximate surface area is 185 Å². The highest BCUT2D eigenvalue weighted by Gasteiger charge is 2.21. The number of hydrogen-bond acceptors (Lipinski definition) is 7. The van der Waals surface area contributed by atoms with Crippen LogP contribution in [-0.2, 0) is 4.79 Å². The van der Waals surface area contributed by atoms with Crippen molar-refractivity contribution in [2.75, 3.05) is 11.1 Å². The molecule has 0 aliphatic heterocycles. The molecule has 1 aromatic carbocycles. The van der Waals surface area contributed by atoms with Crippen LogP contribution >= 0.6 is 34.4 Å². The van der Waals surface area contributed by atoms with Crippen molar-refractivity contribution in [2.45, 2.75) is 11.1 Å². The topological polar surface area (TPSA) is 103 Å². The molecule has 152 valence electrons. The number of rotatable bonds is 7. The number of nitrogens with two attached hydrogens (primary N) is 1. The van der Waals surface area contributed by atoms with Crippen LogP contribution < -0.4 is 11.1 Å². The first-order valence-electron chi connectivity index (χ1n) is 8.90. The van der Waals surface area contributed by atoms with Crippen molar-refractivity contribution in [2.24, 2.45) is 5.73 Å². The maximum absolute atomic E-state index is 13.1. The average molecular weight is 456 g/mol. The van der Waals surface area contributed by atoms with Gasteiger partial charge >= 0.3 is 0 Å². The lowest BCUT2D eigenvalue weighted by Gasteiger charge is -2.00. The molecule has 7 nitrogen and oxygen atoms in total. The van der Waals surface area contributed by atoms with Crippen LogP contribution in [0.1, 0.15) is 16.1 Å². The van der Waals surface area contributed by atoms with Gasteiger partial charge in [-0.3, -0.25) is 14.9 Å². The number of aryl methyl sites for hydroxylation is 1. The van der Waals surface area contributed by atoms with E-state index in [1.165, 1.54) is 34.4 Å². The maximum Gasteiger partial charge on any atom is 0.261 e. The Morgan fingerprint density at radius 3 is 2.70 bits per heavy atom. The number of nitrogens with one attached hydrogen (secondary N) is 1. The van der Waals surface area contributed by atoms with Crippen molar-refractivity contribution in [3.63, 3.8) is 0 Å². The van der Waals surface area contributed by atoms with Crippen LogP contribution in [0.2, 0.25) is 0 Å². The lowest BCUT2D eigenvalue weighted by molar-refractivity contribution is -0.115. The Morgan fingerprint density at radius 1 is 1.20 bits per heavy atom. The molecule has 0 fully saturated rings. The van der Waals surface area contributed by atoms with E-state index in [1.54, 1.807) is 10.9 Å². The average Bonchev–Trinajstić information content (AvgIpc) is 3.46. The quantitative estimate of drug-likeness (QED) is 0.407. The molecule has 0 aliphatic carbocycles. The van der Waals surface area contributed by atoms with Crippen molar-refractivity contribution < 1.29 is 9.59 Å². The number of thiophene rings is 1. The minimum atomic E-state index is -0.396. The van der Waals surface area contributed by atoms with Gasteiger partial charge in [0, 0.05) is 6.20 Å². The number of thiazole rings is 1. The number of anilines is 1. The van der Waals surface area contributed by atoms with Crippen LogP contribution in [-0.4, -0.2) is 32.3 Å². The van der Waals surface area contributed by atoms with Crippen LogP contribution in [0.5, 0.6) is 0 Å². The van der Waals surface area contributed by atoms with Crippen LogP contribution in [0.3, 0.4) is 0 Å². The number of amides is 2. The summed E-state index contributed by atoms with van der Waals surface area (Å²) in [6.45, 7) is 1.83. The number of thioether (sulfide) groups is 1. The summed E-state index contributed by atoms with van der Waals surface area (Å²) in [6, 6.07) is 13.5. The molecular weight excluding hydrogens is 438 g/mol. The summed E-state index contributed by atoms with van der Waals surface area (Å²) >= 11 is 4.16. The van der Waals surface area contributed by atoms with E-state index in [0.717, 1.165) is 20.5 Å². The predicted octanol–water partition coefficient (Wildman–Crippen LogP) is 4.20. The molecule has 0 unspecified atom stereocenters. The van der Waals surface area contributed by atoms with Gasteiger partial charge in [-0.15, -0.1) is 23.1 Å². The van der Waals surface area contributed by atoms with Crippen LogP contribution in [0.4, 0.5) is 5.13 Å². The summed E-state index contributed by atoms with van der Waals surface area (Å²) in [5.74, 6) is -0.518. The van der Waals surface area contributed by atoms with E-state index < -0.39 is 5.91 Å². The molecule has 0 aliphatic rings. The molecule has 3 N–H and O–H groups in total. The fourth-order valence-corrected chi connectivity index (χ4v) is 5.32. The molecule has 2 amide bonds. The zero-order valence-electron chi connectivity index (χ0n) is 15.9. The largest absolute Gasteiger partial charge is 0.369 e. The molecule has 0 bridgehead atoms. The Kier molecular flexibility index (Phi) is 5.98. The van der Waals surface area contributed by atoms with Gasteiger partial charge in [-0.2, -0.15) is 5.10 Å². The molecule has 30 heavy (non-hydrogen) atoms. The number of primary amides is 1. The smallest absolute Gasteiger partial charge is 0.261 e. The first-order valence-corrected chi connectivity index (χ1v) is 11.6. The zero-order valence-corrected chi connectivity index (χ0v) is 18.3. The molecule has 0 spiro atoms. The molecular formula is C20H17N5O2S3. The first kappa shape index (κ1) is 20.3. The Hall–Kier alpha value is -2.95. The summed E-state index contributed by atoms with van der Waals surface area (Å²) in [5, 5.41) is 9.93. The first-order chi connectivity index (χ1) is 14.5. The van der Waals surface area contributed by atoms with E-state index >= 15 is 0 Å². The van der Waals surface area contributed by atoms with Crippen LogP contribution in [0.25, 0.3) is 16.3 Å². The van der Waals surface area contributed by atoms with Gasteiger partial charge in [-0.1, -0.05) is 35.6 Å². The van der Waals surface area contributed by atoms with Crippen molar-refractivity contribution in [3.8, 4) is 16.3 Å². The third-order valence-electron chi connectivity index (χ3n) is 4.05. The van der Waals surface area contributed by atoms with Crippen molar-refractivity contribution in [3.05, 3.63) is 65.3 Å². The lowest BCUT2D eigenvalue weighted by Crippen LogP contribution is -2.12. The van der Waals surface area contributed by atoms with Crippen molar-refractivity contribution >= 4 is 51.4 Å². The third kappa shape index (κ3) is 4.45. The van der Waals surface area contributed by atoms with Gasteiger partial charge < -0.3 is 5.73 Å². The minimum Gasteiger partial charge on any atom is -0.369 e. The highest BCUT2D eigenvalue weighted by Crippen LogP contribution is 2.33. The fraction of sp³-hybridized carbons (Fsp3) is 0.100. The molecule has 0 radical (unpaired) electrons. The predicted molar refractivity (Wildman–Crippen MR) is 122 cm³/mol. The standard InChI is InChI=1S/C20H17N5O2S3/c1-12-19(29-11-16(21)26)30-20(22-12)23-18(27)14-10-25(13-6-3-2-4-7-13)24-17(14)15-8-5-9-28-15/h2-10H,11H2,1H3,(H2,21,26)(H,22,23,27). The summed E-state index contributed by atoms with van der Waals surface area (Å²) < 4.78 is 2.55. The summed E-state index contributed by atoms with van der Waals surface area (Å²) in [4.78, 5) is 29.4. The number of nitrogens with zero attached hydrogens (tertiary/aromatic N) is 3. The highest BCUT2D eigenvalue weighted by molar-refractivity contribution is 8.01. The number of aromatic nitrogens is 3. The van der Waals surface area contributed by atoms with E-state index in [2.05, 4.69) is 15.4 Å². The molecule has 4 rings (SSSR count). The molecule has 0 atom stereocenters. The maximum atomic E-state index is 13.1. The number of carbonyl (C=O) groups is 2. The summed E-state index contributed by atoms with van der Waals surface area (Å²) in [7, 11) is 0. The Balaban J connectivity index is 1.63. The number of para-hydroxylation sites is 1. The van der Waals surface area contributed by atoms with Crippen LogP contribution in [0.15, 0.2) is 58.3 Å². The second-order valence-corrected chi connectivity index (χ2v) is 9.44. The van der Waals surface area contributed by atoms with Gasteiger partial charge in [-0.05, 0) is 30.5 Å². The summed E-state index contributed by atoms with van der Waals surface area (Å²) in [6.07, 6.45) is 1.73. The van der Waals surface area contributed by atoms with Crippen molar-refractivity contribution in [1.29, 1.82) is 0 Å². The molecule has 3 heterocycles. The second kappa shape index (κ2) is 8.82. The van der Waals surface area contributed by atoms with E-state index in [-0.39, 0.29) is 11.7 Å². The number of hydrogen-bond donors (Lipinski definition) is 2. The van der Waals surface area contributed by atoms with E-state index in [0.29, 0.717) is 16.4 Å². The molecule has 0 saturated heterocycles. The number of carbonyl (C=O) groups excluding carboxylic acids is 2. The normalized spacial score (nSPS) is 10.8. The van der Waals surface area contributed by atoms with E-state index in [4.69, 9.17) is 5.73 Å². The second-order valence-electron chi connectivity index (χ2n) is 6.25. The third-order valence-corrected chi connectivity index (χ3v) is 7.39. The Bertz CT molecular complexity index is 1180. The van der Waals surface area contributed by atoms with Gasteiger partial charge in [0.1, 0.15) is 5.69 Å². The lowest BCUT2D eigenvalue weighted by atomic mass is 10.2. The van der Waals surface area contributed by atoms with E-state index in [1.807, 2.05) is 54.8 Å². The Morgan fingerprint density at radius 2 is 2.00 bits per heavy atom. The van der Waals surface area contributed by atoms with Gasteiger partial charge in [0.05, 0.1) is 31.8 Å². The highest BCUT2D eigenvalue weighted by atomic mass is 32.2. The van der Waals surface area contributed by atoms with Crippen LogP contribution in [0, 0.1) is 6.92 Å². The van der Waals surface area contributed by atoms with Gasteiger partial charge in [0.2, 0.25) is 5.91 Å². The minimum absolute atomic E-state index is 0.169. The van der Waals surface area contributed by atoms with Crippen molar-refractivity contribution in [1.82, 2.24) is 14.8 Å². The molecule has 0 saturated carbocycles. The SMILES string of the molecule is Cc1nc(NC(=O)c2cn(-c3ccccc3)nc2-c2cccs2)sc1SCC(N)=O. The molecule has 10 heteroatoms. The van der Waals surface area contributed by atoms with Gasteiger partial charge in [0.15, 0.2) is 5.13 Å². The fourth-order valence-electron chi connectivity index (χ4n) is 2.72. The summed E-state index contributed by atoms with van der Waals surface area (Å²) in [5.41, 5.74) is 7.90.